The van der Waals surface area contributed by atoms with Gasteiger partial charge in [0.05, 0.1) is 0 Å². The van der Waals surface area contributed by atoms with Crippen LogP contribution in [0.2, 0.25) is 0 Å². The summed E-state index contributed by atoms with van der Waals surface area (Å²) in [4.78, 5) is 18.7. The van der Waals surface area contributed by atoms with Gasteiger partial charge in [0.15, 0.2) is 0 Å². The normalized spacial score (nSPS) is 16.1. The van der Waals surface area contributed by atoms with Gasteiger partial charge in [0, 0.05) is 31.7 Å². The van der Waals surface area contributed by atoms with E-state index in [9.17, 15) is 4.79 Å². The summed E-state index contributed by atoms with van der Waals surface area (Å²) in [6, 6.07) is 4.06. The summed E-state index contributed by atoms with van der Waals surface area (Å²) in [5, 5.41) is 6.21. The number of nitrogens with one attached hydrogen (secondary N) is 2. The van der Waals surface area contributed by atoms with Crippen LogP contribution in [0, 0.1) is 11.8 Å². The molecule has 1 atom stereocenters. The average molecular weight is 290 g/mol. The van der Waals surface area contributed by atoms with Crippen molar-refractivity contribution in [3.63, 3.8) is 0 Å². The van der Waals surface area contributed by atoms with Crippen LogP contribution in [0.4, 0.5) is 5.82 Å². The minimum atomic E-state index is 0.0779. The molecular formula is C16H26N4O. The molecule has 116 valence electrons. The Bertz CT molecular complexity index is 452. The third-order valence-corrected chi connectivity index (χ3v) is 4.30. The van der Waals surface area contributed by atoms with Crippen molar-refractivity contribution in [3.05, 3.63) is 23.9 Å². The molecule has 0 aliphatic carbocycles. The molecule has 21 heavy (non-hydrogen) atoms. The van der Waals surface area contributed by atoms with Gasteiger partial charge in [0.25, 0.3) is 0 Å². The van der Waals surface area contributed by atoms with Gasteiger partial charge in [-0.15, -0.1) is 0 Å². The molecule has 2 N–H and O–H groups in total. The molecule has 0 spiro atoms. The van der Waals surface area contributed by atoms with Crippen molar-refractivity contribution in [2.75, 3.05) is 31.1 Å². The zero-order valence-corrected chi connectivity index (χ0v) is 13.2. The SMILES string of the molecule is CCN(CC)c1ccc(CNC(=O)C(C)C2CNC2)cn1. The molecule has 1 aliphatic heterocycles. The molecule has 1 aromatic rings. The third kappa shape index (κ3) is 3.94. The highest BCUT2D eigenvalue weighted by Gasteiger charge is 2.28. The van der Waals surface area contributed by atoms with Crippen molar-refractivity contribution < 1.29 is 4.79 Å². The van der Waals surface area contributed by atoms with E-state index in [-0.39, 0.29) is 11.8 Å². The Morgan fingerprint density at radius 2 is 2.14 bits per heavy atom. The van der Waals surface area contributed by atoms with Crippen LogP contribution in [0.15, 0.2) is 18.3 Å². The van der Waals surface area contributed by atoms with Gasteiger partial charge in [-0.1, -0.05) is 13.0 Å². The second-order valence-electron chi connectivity index (χ2n) is 5.62. The summed E-state index contributed by atoms with van der Waals surface area (Å²) in [7, 11) is 0. The molecule has 0 radical (unpaired) electrons. The third-order valence-electron chi connectivity index (χ3n) is 4.30. The molecule has 1 saturated heterocycles. The predicted octanol–water partition coefficient (Wildman–Crippen LogP) is 1.40. The molecule has 1 fully saturated rings. The van der Waals surface area contributed by atoms with E-state index >= 15 is 0 Å². The van der Waals surface area contributed by atoms with Crippen LogP contribution >= 0.6 is 0 Å². The Hall–Kier alpha value is -1.62. The van der Waals surface area contributed by atoms with E-state index in [1.54, 1.807) is 0 Å². The second-order valence-corrected chi connectivity index (χ2v) is 5.62. The van der Waals surface area contributed by atoms with Crippen molar-refractivity contribution in [2.24, 2.45) is 11.8 Å². The smallest absolute Gasteiger partial charge is 0.223 e. The highest BCUT2D eigenvalue weighted by atomic mass is 16.1. The van der Waals surface area contributed by atoms with Crippen LogP contribution in [0.25, 0.3) is 0 Å². The monoisotopic (exact) mass is 290 g/mol. The van der Waals surface area contributed by atoms with E-state index in [4.69, 9.17) is 0 Å². The fraction of sp³-hybridized carbons (Fsp3) is 0.625. The first-order chi connectivity index (χ1) is 10.2. The zero-order valence-electron chi connectivity index (χ0n) is 13.2. The molecular weight excluding hydrogens is 264 g/mol. The largest absolute Gasteiger partial charge is 0.357 e. The van der Waals surface area contributed by atoms with Gasteiger partial charge in [-0.3, -0.25) is 4.79 Å². The van der Waals surface area contributed by atoms with Gasteiger partial charge < -0.3 is 15.5 Å². The lowest BCUT2D eigenvalue weighted by atomic mass is 9.88. The Morgan fingerprint density at radius 1 is 1.43 bits per heavy atom. The van der Waals surface area contributed by atoms with Gasteiger partial charge in [-0.25, -0.2) is 4.98 Å². The lowest BCUT2D eigenvalue weighted by Gasteiger charge is -2.31. The van der Waals surface area contributed by atoms with Crippen LogP contribution in [0.5, 0.6) is 0 Å². The molecule has 0 saturated carbocycles. The summed E-state index contributed by atoms with van der Waals surface area (Å²) < 4.78 is 0. The zero-order chi connectivity index (χ0) is 15.2. The van der Waals surface area contributed by atoms with E-state index in [1.165, 1.54) is 0 Å². The van der Waals surface area contributed by atoms with Crippen LogP contribution in [0.3, 0.4) is 0 Å². The summed E-state index contributed by atoms with van der Waals surface area (Å²) in [6.45, 7) is 10.6. The fourth-order valence-corrected chi connectivity index (χ4v) is 2.48. The minimum Gasteiger partial charge on any atom is -0.357 e. The van der Waals surface area contributed by atoms with E-state index < -0.39 is 0 Å². The number of rotatable bonds is 7. The summed E-state index contributed by atoms with van der Waals surface area (Å²) in [5.74, 6) is 1.68. The molecule has 5 nitrogen and oxygen atoms in total. The number of pyridine rings is 1. The molecule has 1 unspecified atom stereocenters. The molecule has 1 aliphatic rings. The summed E-state index contributed by atoms with van der Waals surface area (Å²) in [5.41, 5.74) is 1.04. The van der Waals surface area contributed by atoms with Gasteiger partial charge in [0.1, 0.15) is 5.82 Å². The van der Waals surface area contributed by atoms with E-state index in [1.807, 2.05) is 25.3 Å². The van der Waals surface area contributed by atoms with Crippen molar-refractivity contribution in [2.45, 2.75) is 27.3 Å². The van der Waals surface area contributed by atoms with Crippen LogP contribution < -0.4 is 15.5 Å². The van der Waals surface area contributed by atoms with Crippen LogP contribution in [0.1, 0.15) is 26.3 Å². The predicted molar refractivity (Wildman–Crippen MR) is 85.2 cm³/mol. The maximum Gasteiger partial charge on any atom is 0.223 e. The van der Waals surface area contributed by atoms with Gasteiger partial charge in [-0.2, -0.15) is 0 Å². The number of amides is 1. The standard InChI is InChI=1S/C16H26N4O/c1-4-20(5-2)15-7-6-13(8-18-15)9-19-16(21)12(3)14-10-17-11-14/h6-8,12,14,17H,4-5,9-11H2,1-3H3,(H,19,21). The molecule has 1 amide bonds. The number of nitrogens with zero attached hydrogens (tertiary/aromatic N) is 2. The van der Waals surface area contributed by atoms with Crippen LogP contribution in [-0.4, -0.2) is 37.1 Å². The highest BCUT2D eigenvalue weighted by Crippen LogP contribution is 2.16. The van der Waals surface area contributed by atoms with Gasteiger partial charge >= 0.3 is 0 Å². The van der Waals surface area contributed by atoms with Gasteiger partial charge in [-0.05, 0) is 44.5 Å². The van der Waals surface area contributed by atoms with E-state index in [0.717, 1.165) is 37.6 Å². The summed E-state index contributed by atoms with van der Waals surface area (Å²) >= 11 is 0. The first-order valence-electron chi connectivity index (χ1n) is 7.84. The first-order valence-corrected chi connectivity index (χ1v) is 7.84. The molecule has 2 heterocycles. The van der Waals surface area contributed by atoms with Gasteiger partial charge in [0.2, 0.25) is 5.91 Å². The molecule has 0 aromatic carbocycles. The fourth-order valence-electron chi connectivity index (χ4n) is 2.48. The molecule has 1 aromatic heterocycles. The number of aromatic nitrogens is 1. The molecule has 2 rings (SSSR count). The lowest BCUT2D eigenvalue weighted by Crippen LogP contribution is -2.49. The maximum absolute atomic E-state index is 12.1. The maximum atomic E-state index is 12.1. The summed E-state index contributed by atoms with van der Waals surface area (Å²) in [6.07, 6.45) is 1.85. The number of carbonyl (C=O) groups excluding carboxylic acids is 1. The van der Waals surface area contributed by atoms with Crippen molar-refractivity contribution in [1.82, 2.24) is 15.6 Å². The highest BCUT2D eigenvalue weighted by molar-refractivity contribution is 5.78. The topological polar surface area (TPSA) is 57.3 Å². The quantitative estimate of drug-likeness (QED) is 0.797. The molecule has 0 bridgehead atoms. The number of carbonyl (C=O) groups is 1. The Morgan fingerprint density at radius 3 is 2.62 bits per heavy atom. The van der Waals surface area contributed by atoms with E-state index in [0.29, 0.717) is 12.5 Å². The number of hydrogen-bond acceptors (Lipinski definition) is 4. The van der Waals surface area contributed by atoms with Crippen molar-refractivity contribution in [1.29, 1.82) is 0 Å². The number of hydrogen-bond donors (Lipinski definition) is 2. The average Bonchev–Trinajstić information content (AvgIpc) is 2.45. The molecule has 5 heteroatoms. The van der Waals surface area contributed by atoms with Crippen molar-refractivity contribution in [3.8, 4) is 0 Å². The Labute approximate surface area is 127 Å². The lowest BCUT2D eigenvalue weighted by molar-refractivity contribution is -0.126. The number of anilines is 1. The Kier molecular flexibility index (Phi) is 5.56. The van der Waals surface area contributed by atoms with E-state index in [2.05, 4.69) is 34.4 Å². The minimum absolute atomic E-state index is 0.0779. The second kappa shape index (κ2) is 7.41. The van der Waals surface area contributed by atoms with Crippen molar-refractivity contribution >= 4 is 11.7 Å². The van der Waals surface area contributed by atoms with Crippen LogP contribution in [-0.2, 0) is 11.3 Å². The first kappa shape index (κ1) is 15.8. The Balaban J connectivity index is 1.84.